The van der Waals surface area contributed by atoms with Gasteiger partial charge in [-0.05, 0) is 57.0 Å². The van der Waals surface area contributed by atoms with Crippen LogP contribution >= 0.6 is 0 Å². The summed E-state index contributed by atoms with van der Waals surface area (Å²) in [5, 5.41) is 2.62. The fourth-order valence-electron chi connectivity index (χ4n) is 6.57. The highest BCUT2D eigenvalue weighted by atomic mass is 19.1. The molecule has 2 aliphatic heterocycles. The van der Waals surface area contributed by atoms with E-state index in [2.05, 4.69) is 37.1 Å². The number of benzene rings is 1. The van der Waals surface area contributed by atoms with Crippen molar-refractivity contribution in [3.8, 4) is 17.4 Å². The van der Waals surface area contributed by atoms with E-state index in [-0.39, 0.29) is 28.9 Å². The SMILES string of the molecule is Cc1ccc(-n2c(=O)c(C(=O)Nc3ccc(Oc4ncnc5c4CCN(C4CN(C)C4)C5)c(F)c3)cn(C3CCCC3)c2=O)nc1. The van der Waals surface area contributed by atoms with Gasteiger partial charge in [0, 0.05) is 68.0 Å². The average Bonchev–Trinajstić information content (AvgIpc) is 3.56. The Bertz CT molecular complexity index is 1910. The predicted octanol–water partition coefficient (Wildman–Crippen LogP) is 3.46. The maximum absolute atomic E-state index is 15.3. The van der Waals surface area contributed by atoms with E-state index in [1.54, 1.807) is 18.3 Å². The van der Waals surface area contributed by atoms with Crippen LogP contribution in [0.3, 0.4) is 0 Å². The number of ether oxygens (including phenoxy) is 1. The lowest BCUT2D eigenvalue weighted by molar-refractivity contribution is 0.0420. The molecule has 46 heavy (non-hydrogen) atoms. The van der Waals surface area contributed by atoms with Gasteiger partial charge in [0.25, 0.3) is 11.5 Å². The van der Waals surface area contributed by atoms with Crippen LogP contribution in [0.1, 0.15) is 58.9 Å². The highest BCUT2D eigenvalue weighted by Crippen LogP contribution is 2.32. The van der Waals surface area contributed by atoms with E-state index in [0.29, 0.717) is 24.9 Å². The largest absolute Gasteiger partial charge is 0.436 e. The lowest BCUT2D eigenvalue weighted by Crippen LogP contribution is -2.58. The number of nitrogens with zero attached hydrogens (tertiary/aromatic N) is 7. The molecule has 4 aromatic rings. The van der Waals surface area contributed by atoms with Gasteiger partial charge in [-0.1, -0.05) is 18.9 Å². The molecule has 3 aromatic heterocycles. The Morgan fingerprint density at radius 3 is 2.57 bits per heavy atom. The lowest BCUT2D eigenvalue weighted by atomic mass is 10.0. The van der Waals surface area contributed by atoms with E-state index in [4.69, 9.17) is 4.74 Å². The number of halogens is 1. The number of hydrogen-bond donors (Lipinski definition) is 1. The highest BCUT2D eigenvalue weighted by Gasteiger charge is 2.33. The summed E-state index contributed by atoms with van der Waals surface area (Å²) in [6, 6.07) is 7.71. The van der Waals surface area contributed by atoms with Gasteiger partial charge in [-0.15, -0.1) is 0 Å². The van der Waals surface area contributed by atoms with Gasteiger partial charge in [-0.2, -0.15) is 0 Å². The van der Waals surface area contributed by atoms with Gasteiger partial charge >= 0.3 is 5.69 Å². The number of carbonyl (C=O) groups excluding carboxylic acids is 1. The summed E-state index contributed by atoms with van der Waals surface area (Å²) in [6.45, 7) is 5.44. The molecule has 7 rings (SSSR count). The van der Waals surface area contributed by atoms with E-state index in [1.165, 1.54) is 29.2 Å². The summed E-state index contributed by atoms with van der Waals surface area (Å²) in [6.07, 6.45) is 8.42. The van der Waals surface area contributed by atoms with E-state index in [9.17, 15) is 14.4 Å². The van der Waals surface area contributed by atoms with Crippen LogP contribution in [0.15, 0.2) is 58.6 Å². The number of rotatable bonds is 7. The molecule has 1 amide bonds. The standard InChI is InChI=1S/C33H35FN8O4/c1-20-7-10-29(35-14-20)42-32(44)25(17-41(33(42)45)22-5-3-4-6-22)30(43)38-21-8-9-28(26(34)13-21)46-31-24-11-12-40(23-15-39(2)16-23)18-27(24)36-19-37-31/h7-10,13-14,17,19,22-23H,3-6,11-12,15-16,18H2,1-2H3,(H,38,43). The summed E-state index contributed by atoms with van der Waals surface area (Å²) in [4.78, 5) is 58.2. The summed E-state index contributed by atoms with van der Waals surface area (Å²) in [5.74, 6) is -1.09. The molecular formula is C33H35FN8O4. The van der Waals surface area contributed by atoms with Crippen molar-refractivity contribution >= 4 is 11.6 Å². The zero-order chi connectivity index (χ0) is 31.9. The maximum atomic E-state index is 15.3. The van der Waals surface area contributed by atoms with Gasteiger partial charge in [0.1, 0.15) is 17.7 Å². The number of amides is 1. The summed E-state index contributed by atoms with van der Waals surface area (Å²) < 4.78 is 23.6. The average molecular weight is 627 g/mol. The summed E-state index contributed by atoms with van der Waals surface area (Å²) in [5.41, 5.74) is 1.13. The summed E-state index contributed by atoms with van der Waals surface area (Å²) in [7, 11) is 2.10. The fourth-order valence-corrected chi connectivity index (χ4v) is 6.57. The second-order valence-corrected chi connectivity index (χ2v) is 12.4. The Morgan fingerprint density at radius 2 is 1.85 bits per heavy atom. The van der Waals surface area contributed by atoms with Crippen LogP contribution in [-0.4, -0.2) is 72.5 Å². The Kier molecular flexibility index (Phi) is 7.95. The number of carbonyl (C=O) groups is 1. The second-order valence-electron chi connectivity index (χ2n) is 12.4. The first-order valence-corrected chi connectivity index (χ1v) is 15.6. The molecule has 1 aromatic carbocycles. The van der Waals surface area contributed by atoms with Crippen molar-refractivity contribution in [2.45, 2.75) is 57.7 Å². The molecule has 238 valence electrons. The molecular weight excluding hydrogens is 591 g/mol. The van der Waals surface area contributed by atoms with Crippen LogP contribution in [0.25, 0.3) is 5.82 Å². The third-order valence-electron chi connectivity index (χ3n) is 9.16. The van der Waals surface area contributed by atoms with Crippen LogP contribution in [-0.2, 0) is 13.0 Å². The molecule has 1 saturated carbocycles. The Balaban J connectivity index is 1.12. The van der Waals surface area contributed by atoms with Gasteiger partial charge in [0.2, 0.25) is 5.88 Å². The molecule has 5 heterocycles. The Hall–Kier alpha value is -4.75. The smallest absolute Gasteiger partial charge is 0.337 e. The van der Waals surface area contributed by atoms with Crippen molar-refractivity contribution in [1.82, 2.24) is 33.9 Å². The van der Waals surface area contributed by atoms with Crippen molar-refractivity contribution in [3.63, 3.8) is 0 Å². The quantitative estimate of drug-likeness (QED) is 0.328. The van der Waals surface area contributed by atoms with Crippen molar-refractivity contribution < 1.29 is 13.9 Å². The number of aryl methyl sites for hydroxylation is 1. The van der Waals surface area contributed by atoms with E-state index >= 15 is 4.39 Å². The number of likely N-dealkylation sites (tertiary alicyclic amines) is 1. The lowest BCUT2D eigenvalue weighted by Gasteiger charge is -2.45. The van der Waals surface area contributed by atoms with Crippen molar-refractivity contribution in [2.75, 3.05) is 32.0 Å². The molecule has 1 saturated heterocycles. The normalized spacial score (nSPS) is 17.5. The molecule has 13 heteroatoms. The van der Waals surface area contributed by atoms with Crippen LogP contribution in [0, 0.1) is 12.7 Å². The molecule has 0 bridgehead atoms. The van der Waals surface area contributed by atoms with Crippen LogP contribution in [0.2, 0.25) is 0 Å². The molecule has 3 aliphatic rings. The number of pyridine rings is 1. The Labute approximate surface area is 264 Å². The molecule has 0 unspecified atom stereocenters. The monoisotopic (exact) mass is 626 g/mol. The van der Waals surface area contributed by atoms with Gasteiger partial charge in [0.05, 0.1) is 5.69 Å². The molecule has 2 fully saturated rings. The predicted molar refractivity (Wildman–Crippen MR) is 168 cm³/mol. The zero-order valence-electron chi connectivity index (χ0n) is 25.8. The van der Waals surface area contributed by atoms with Crippen molar-refractivity contribution in [2.24, 2.45) is 0 Å². The topological polar surface area (TPSA) is 127 Å². The first kappa shape index (κ1) is 29.9. The summed E-state index contributed by atoms with van der Waals surface area (Å²) >= 11 is 0. The van der Waals surface area contributed by atoms with E-state index < -0.39 is 23.0 Å². The van der Waals surface area contributed by atoms with Gasteiger partial charge in [-0.25, -0.2) is 28.7 Å². The zero-order valence-corrected chi connectivity index (χ0v) is 25.8. The third-order valence-corrected chi connectivity index (χ3v) is 9.16. The molecule has 1 aliphatic carbocycles. The van der Waals surface area contributed by atoms with E-state index in [1.807, 2.05) is 6.92 Å². The minimum atomic E-state index is -0.801. The first-order chi connectivity index (χ1) is 22.2. The van der Waals surface area contributed by atoms with Crippen LogP contribution in [0.5, 0.6) is 11.6 Å². The first-order valence-electron chi connectivity index (χ1n) is 15.6. The minimum absolute atomic E-state index is 0.0514. The number of anilines is 1. The maximum Gasteiger partial charge on any atom is 0.337 e. The molecule has 12 nitrogen and oxygen atoms in total. The number of hydrogen-bond acceptors (Lipinski definition) is 9. The van der Waals surface area contributed by atoms with Crippen molar-refractivity contribution in [3.05, 3.63) is 98.1 Å². The molecule has 1 N–H and O–H groups in total. The molecule has 0 radical (unpaired) electrons. The second kappa shape index (κ2) is 12.2. The highest BCUT2D eigenvalue weighted by molar-refractivity contribution is 6.03. The van der Waals surface area contributed by atoms with Crippen LogP contribution in [0.4, 0.5) is 10.1 Å². The molecule has 0 atom stereocenters. The number of nitrogens with one attached hydrogen (secondary N) is 1. The van der Waals surface area contributed by atoms with Gasteiger partial charge in [-0.3, -0.25) is 19.1 Å². The minimum Gasteiger partial charge on any atom is -0.436 e. The Morgan fingerprint density at radius 1 is 1.04 bits per heavy atom. The number of aromatic nitrogens is 5. The third kappa shape index (κ3) is 5.71. The fraction of sp³-hybridized carbons (Fsp3) is 0.394. The van der Waals surface area contributed by atoms with Gasteiger partial charge in [0.15, 0.2) is 11.6 Å². The number of fused-ring (bicyclic) bond motifs is 1. The van der Waals surface area contributed by atoms with E-state index in [0.717, 1.165) is 72.8 Å². The number of likely N-dealkylation sites (N-methyl/N-ethyl adjacent to an activating group) is 1. The van der Waals surface area contributed by atoms with Crippen molar-refractivity contribution in [1.29, 1.82) is 0 Å². The van der Waals surface area contributed by atoms with Gasteiger partial charge < -0.3 is 15.0 Å². The van der Waals surface area contributed by atoms with Crippen LogP contribution < -0.4 is 21.3 Å². The molecule has 0 spiro atoms.